The molecule has 21 heavy (non-hydrogen) atoms. The first kappa shape index (κ1) is 13.7. The number of para-hydroxylation sites is 1. The van der Waals surface area contributed by atoms with Crippen LogP contribution in [-0.4, -0.2) is 26.3 Å². The predicted molar refractivity (Wildman–Crippen MR) is 83.0 cm³/mol. The van der Waals surface area contributed by atoms with Crippen LogP contribution in [0.3, 0.4) is 0 Å². The molecule has 0 saturated carbocycles. The molecule has 3 aromatic rings. The number of fused-ring (bicyclic) bond motifs is 1. The molecule has 2 aromatic heterocycles. The van der Waals surface area contributed by atoms with Gasteiger partial charge in [0, 0.05) is 36.3 Å². The van der Waals surface area contributed by atoms with Crippen LogP contribution in [-0.2, 0) is 6.54 Å². The lowest BCUT2D eigenvalue weighted by molar-refractivity contribution is 0.627. The van der Waals surface area contributed by atoms with E-state index in [0.29, 0.717) is 0 Å². The Balaban J connectivity index is 2.11. The molecule has 1 atom stereocenters. The first-order valence-electron chi connectivity index (χ1n) is 7.28. The van der Waals surface area contributed by atoms with Crippen LogP contribution in [0.1, 0.15) is 31.0 Å². The quantitative estimate of drug-likeness (QED) is 0.781. The number of aryl methyl sites for hydroxylation is 1. The van der Waals surface area contributed by atoms with Gasteiger partial charge in [0.25, 0.3) is 0 Å². The van der Waals surface area contributed by atoms with Crippen LogP contribution in [0.5, 0.6) is 0 Å². The molecule has 0 bridgehead atoms. The average Bonchev–Trinajstić information content (AvgIpc) is 3.01. The number of hydrogen-bond donors (Lipinski definition) is 1. The van der Waals surface area contributed by atoms with Gasteiger partial charge in [-0.2, -0.15) is 5.10 Å². The van der Waals surface area contributed by atoms with Crippen molar-refractivity contribution in [2.75, 3.05) is 6.54 Å². The third-order valence-corrected chi connectivity index (χ3v) is 3.56. The first-order chi connectivity index (χ1) is 10.3. The van der Waals surface area contributed by atoms with E-state index in [9.17, 15) is 0 Å². The summed E-state index contributed by atoms with van der Waals surface area (Å²) in [6.07, 6.45) is 7.47. The smallest absolute Gasteiger partial charge is 0.0938 e. The van der Waals surface area contributed by atoms with Gasteiger partial charge in [0.05, 0.1) is 23.3 Å². The summed E-state index contributed by atoms with van der Waals surface area (Å²) in [7, 11) is 0. The Bertz CT molecular complexity index is 729. The zero-order chi connectivity index (χ0) is 14.7. The minimum Gasteiger partial charge on any atom is -0.306 e. The molecule has 3 rings (SSSR count). The van der Waals surface area contributed by atoms with Crippen LogP contribution < -0.4 is 5.32 Å². The normalized spacial score (nSPS) is 12.7. The number of aromatic nitrogens is 4. The fraction of sp³-hybridized carbons (Fsp3) is 0.312. The van der Waals surface area contributed by atoms with Crippen LogP contribution in [0.2, 0.25) is 0 Å². The predicted octanol–water partition coefficient (Wildman–Crippen LogP) is 2.55. The monoisotopic (exact) mass is 281 g/mol. The molecular formula is C16H19N5. The zero-order valence-corrected chi connectivity index (χ0v) is 12.3. The minimum atomic E-state index is 0.0794. The molecule has 108 valence electrons. The summed E-state index contributed by atoms with van der Waals surface area (Å²) in [6.45, 7) is 5.93. The zero-order valence-electron chi connectivity index (χ0n) is 12.3. The summed E-state index contributed by atoms with van der Waals surface area (Å²) < 4.78 is 1.94. The van der Waals surface area contributed by atoms with E-state index < -0.39 is 0 Å². The topological polar surface area (TPSA) is 55.6 Å². The van der Waals surface area contributed by atoms with Crippen LogP contribution in [0, 0.1) is 0 Å². The van der Waals surface area contributed by atoms with Gasteiger partial charge >= 0.3 is 0 Å². The van der Waals surface area contributed by atoms with Gasteiger partial charge in [0.2, 0.25) is 0 Å². The standard InChI is InChI=1S/C16H19N5/c1-3-17-15(12-10-20-21(4-2)11-12)13-6-5-7-14-16(13)19-9-8-18-14/h5-11,15,17H,3-4H2,1-2H3. The third-order valence-electron chi connectivity index (χ3n) is 3.56. The summed E-state index contributed by atoms with van der Waals surface area (Å²) in [4.78, 5) is 8.90. The first-order valence-corrected chi connectivity index (χ1v) is 7.28. The van der Waals surface area contributed by atoms with Crippen molar-refractivity contribution in [2.24, 2.45) is 0 Å². The molecule has 0 spiro atoms. The number of nitrogens with zero attached hydrogens (tertiary/aromatic N) is 4. The Hall–Kier alpha value is -2.27. The summed E-state index contributed by atoms with van der Waals surface area (Å²) in [5.41, 5.74) is 4.14. The van der Waals surface area contributed by atoms with E-state index in [-0.39, 0.29) is 6.04 Å². The Morgan fingerprint density at radius 2 is 2.05 bits per heavy atom. The maximum Gasteiger partial charge on any atom is 0.0938 e. The maximum absolute atomic E-state index is 4.51. The molecule has 1 unspecified atom stereocenters. The molecular weight excluding hydrogens is 262 g/mol. The van der Waals surface area contributed by atoms with Gasteiger partial charge in [-0.3, -0.25) is 14.6 Å². The van der Waals surface area contributed by atoms with Gasteiger partial charge < -0.3 is 5.32 Å². The lowest BCUT2D eigenvalue weighted by atomic mass is 10.00. The van der Waals surface area contributed by atoms with Crippen LogP contribution in [0.25, 0.3) is 11.0 Å². The molecule has 0 aliphatic heterocycles. The van der Waals surface area contributed by atoms with Crippen molar-refractivity contribution >= 4 is 11.0 Å². The van der Waals surface area contributed by atoms with E-state index in [0.717, 1.165) is 35.2 Å². The SMILES string of the molecule is CCNC(c1cnn(CC)c1)c1cccc2nccnc12. The molecule has 0 amide bonds. The molecule has 0 saturated heterocycles. The number of benzene rings is 1. The molecule has 0 radical (unpaired) electrons. The second kappa shape index (κ2) is 6.01. The molecule has 5 nitrogen and oxygen atoms in total. The fourth-order valence-corrected chi connectivity index (χ4v) is 2.56. The second-order valence-electron chi connectivity index (χ2n) is 4.89. The van der Waals surface area contributed by atoms with E-state index >= 15 is 0 Å². The Morgan fingerprint density at radius 3 is 2.81 bits per heavy atom. The Morgan fingerprint density at radius 1 is 1.19 bits per heavy atom. The average molecular weight is 281 g/mol. The molecule has 0 aliphatic carbocycles. The summed E-state index contributed by atoms with van der Waals surface area (Å²) in [5, 5.41) is 7.91. The van der Waals surface area contributed by atoms with Gasteiger partial charge in [-0.25, -0.2) is 0 Å². The highest BCUT2D eigenvalue weighted by Crippen LogP contribution is 2.26. The van der Waals surface area contributed by atoms with Gasteiger partial charge in [-0.05, 0) is 19.5 Å². The summed E-state index contributed by atoms with van der Waals surface area (Å²) >= 11 is 0. The highest BCUT2D eigenvalue weighted by atomic mass is 15.3. The van der Waals surface area contributed by atoms with Gasteiger partial charge in [0.15, 0.2) is 0 Å². The van der Waals surface area contributed by atoms with Crippen LogP contribution in [0.15, 0.2) is 43.0 Å². The van der Waals surface area contributed by atoms with Gasteiger partial charge in [-0.1, -0.05) is 19.1 Å². The molecule has 0 fully saturated rings. The van der Waals surface area contributed by atoms with E-state index in [1.807, 2.05) is 23.0 Å². The van der Waals surface area contributed by atoms with Crippen LogP contribution >= 0.6 is 0 Å². The molecule has 1 aromatic carbocycles. The van der Waals surface area contributed by atoms with E-state index in [1.54, 1.807) is 12.4 Å². The van der Waals surface area contributed by atoms with Gasteiger partial charge in [-0.15, -0.1) is 0 Å². The number of hydrogen-bond acceptors (Lipinski definition) is 4. The van der Waals surface area contributed by atoms with E-state index in [4.69, 9.17) is 0 Å². The molecule has 5 heteroatoms. The van der Waals surface area contributed by atoms with Crippen molar-refractivity contribution in [3.05, 3.63) is 54.1 Å². The summed E-state index contributed by atoms with van der Waals surface area (Å²) in [5.74, 6) is 0. The van der Waals surface area contributed by atoms with Crippen LogP contribution in [0.4, 0.5) is 0 Å². The second-order valence-corrected chi connectivity index (χ2v) is 4.89. The molecule has 1 N–H and O–H groups in total. The molecule has 0 aliphatic rings. The van der Waals surface area contributed by atoms with Gasteiger partial charge in [0.1, 0.15) is 0 Å². The van der Waals surface area contributed by atoms with E-state index in [1.165, 1.54) is 0 Å². The van der Waals surface area contributed by atoms with E-state index in [2.05, 4.69) is 46.5 Å². The Kier molecular flexibility index (Phi) is 3.92. The van der Waals surface area contributed by atoms with Crippen molar-refractivity contribution in [3.8, 4) is 0 Å². The lowest BCUT2D eigenvalue weighted by Gasteiger charge is -2.18. The minimum absolute atomic E-state index is 0.0794. The van der Waals surface area contributed by atoms with Crippen molar-refractivity contribution in [1.29, 1.82) is 0 Å². The number of rotatable bonds is 5. The number of nitrogens with one attached hydrogen (secondary N) is 1. The fourth-order valence-electron chi connectivity index (χ4n) is 2.56. The third kappa shape index (κ3) is 2.64. The lowest BCUT2D eigenvalue weighted by Crippen LogP contribution is -2.22. The van der Waals surface area contributed by atoms with Crippen molar-refractivity contribution in [2.45, 2.75) is 26.4 Å². The highest BCUT2D eigenvalue weighted by Gasteiger charge is 2.18. The maximum atomic E-state index is 4.51. The highest BCUT2D eigenvalue weighted by molar-refractivity contribution is 5.78. The summed E-state index contributed by atoms with van der Waals surface area (Å²) in [6, 6.07) is 6.20. The molecule has 2 heterocycles. The largest absolute Gasteiger partial charge is 0.306 e. The van der Waals surface area contributed by atoms with Crippen molar-refractivity contribution in [1.82, 2.24) is 25.1 Å². The van der Waals surface area contributed by atoms with Crippen molar-refractivity contribution < 1.29 is 0 Å². The Labute approximate surface area is 124 Å². The van der Waals surface area contributed by atoms with Crippen molar-refractivity contribution in [3.63, 3.8) is 0 Å².